The lowest BCUT2D eigenvalue weighted by molar-refractivity contribution is -0.138. The summed E-state index contributed by atoms with van der Waals surface area (Å²) in [6, 6.07) is 0. The SMILES string of the molecule is CCC1NCCC=C(C(=O)O)O1. The largest absolute Gasteiger partial charge is 0.475 e. The highest BCUT2D eigenvalue weighted by Gasteiger charge is 2.16. The van der Waals surface area contributed by atoms with Crippen molar-refractivity contribution in [2.45, 2.75) is 26.0 Å². The summed E-state index contributed by atoms with van der Waals surface area (Å²) < 4.78 is 5.17. The molecule has 0 aromatic rings. The number of aliphatic carboxylic acids is 1. The van der Waals surface area contributed by atoms with Gasteiger partial charge in [0.15, 0.2) is 0 Å². The third-order valence-electron chi connectivity index (χ3n) is 1.70. The summed E-state index contributed by atoms with van der Waals surface area (Å²) in [7, 11) is 0. The van der Waals surface area contributed by atoms with Crippen LogP contribution in [-0.2, 0) is 9.53 Å². The van der Waals surface area contributed by atoms with E-state index in [9.17, 15) is 4.79 Å². The van der Waals surface area contributed by atoms with Gasteiger partial charge >= 0.3 is 5.97 Å². The Balaban J connectivity index is 2.60. The van der Waals surface area contributed by atoms with Gasteiger partial charge in [-0.1, -0.05) is 6.92 Å². The molecule has 1 aliphatic rings. The molecule has 1 atom stereocenters. The zero-order chi connectivity index (χ0) is 8.97. The first-order valence-electron chi connectivity index (χ1n) is 4.07. The van der Waals surface area contributed by atoms with Crippen LogP contribution in [0.25, 0.3) is 0 Å². The second-order valence-corrected chi connectivity index (χ2v) is 2.63. The molecule has 4 nitrogen and oxygen atoms in total. The maximum absolute atomic E-state index is 10.5. The number of rotatable bonds is 2. The molecule has 0 aromatic heterocycles. The van der Waals surface area contributed by atoms with E-state index in [4.69, 9.17) is 9.84 Å². The van der Waals surface area contributed by atoms with Crippen LogP contribution in [0.1, 0.15) is 19.8 Å². The van der Waals surface area contributed by atoms with E-state index in [0.717, 1.165) is 13.0 Å². The van der Waals surface area contributed by atoms with Crippen LogP contribution in [-0.4, -0.2) is 23.8 Å². The highest BCUT2D eigenvalue weighted by Crippen LogP contribution is 2.08. The fourth-order valence-electron chi connectivity index (χ4n) is 1.06. The van der Waals surface area contributed by atoms with Crippen LogP contribution >= 0.6 is 0 Å². The molecule has 0 fully saturated rings. The second-order valence-electron chi connectivity index (χ2n) is 2.63. The van der Waals surface area contributed by atoms with Crippen LogP contribution < -0.4 is 5.32 Å². The molecule has 4 heteroatoms. The van der Waals surface area contributed by atoms with Crippen molar-refractivity contribution < 1.29 is 14.6 Å². The molecular formula is C8H13NO3. The van der Waals surface area contributed by atoms with Crippen LogP contribution in [0.4, 0.5) is 0 Å². The van der Waals surface area contributed by atoms with E-state index in [1.165, 1.54) is 0 Å². The summed E-state index contributed by atoms with van der Waals surface area (Å²) >= 11 is 0. The molecule has 1 rings (SSSR count). The molecule has 0 aromatic carbocycles. The minimum atomic E-state index is -0.989. The monoisotopic (exact) mass is 171 g/mol. The Bertz CT molecular complexity index is 200. The summed E-state index contributed by atoms with van der Waals surface area (Å²) in [5, 5.41) is 11.7. The van der Waals surface area contributed by atoms with Gasteiger partial charge in [-0.2, -0.15) is 0 Å². The van der Waals surface area contributed by atoms with Crippen molar-refractivity contribution in [1.82, 2.24) is 5.32 Å². The topological polar surface area (TPSA) is 58.6 Å². The Labute approximate surface area is 71.2 Å². The van der Waals surface area contributed by atoms with Gasteiger partial charge in [0.25, 0.3) is 0 Å². The van der Waals surface area contributed by atoms with Gasteiger partial charge < -0.3 is 9.84 Å². The average Bonchev–Trinajstić information content (AvgIpc) is 2.28. The number of ether oxygens (including phenoxy) is 1. The second kappa shape index (κ2) is 4.11. The van der Waals surface area contributed by atoms with E-state index in [1.54, 1.807) is 6.08 Å². The fraction of sp³-hybridized carbons (Fsp3) is 0.625. The zero-order valence-electron chi connectivity index (χ0n) is 7.04. The molecule has 68 valence electrons. The fourth-order valence-corrected chi connectivity index (χ4v) is 1.06. The normalized spacial score (nSPS) is 23.8. The highest BCUT2D eigenvalue weighted by molar-refractivity contribution is 5.84. The first kappa shape index (κ1) is 9.06. The van der Waals surface area contributed by atoms with E-state index in [0.29, 0.717) is 6.42 Å². The van der Waals surface area contributed by atoms with Crippen molar-refractivity contribution >= 4 is 5.97 Å². The first-order valence-corrected chi connectivity index (χ1v) is 4.07. The van der Waals surface area contributed by atoms with Crippen LogP contribution in [0, 0.1) is 0 Å². The molecule has 2 N–H and O–H groups in total. The molecule has 0 bridgehead atoms. The van der Waals surface area contributed by atoms with Gasteiger partial charge in [-0.25, -0.2) is 4.79 Å². The lowest BCUT2D eigenvalue weighted by Crippen LogP contribution is -2.30. The lowest BCUT2D eigenvalue weighted by atomic mass is 10.3. The average molecular weight is 171 g/mol. The Kier molecular flexibility index (Phi) is 3.10. The number of hydrogen-bond donors (Lipinski definition) is 2. The van der Waals surface area contributed by atoms with Crippen molar-refractivity contribution in [2.24, 2.45) is 0 Å². The van der Waals surface area contributed by atoms with E-state index >= 15 is 0 Å². The maximum Gasteiger partial charge on any atom is 0.370 e. The van der Waals surface area contributed by atoms with Crippen LogP contribution in [0.3, 0.4) is 0 Å². The molecule has 1 unspecified atom stereocenters. The molecule has 0 radical (unpaired) electrons. The number of carboxylic acids is 1. The summed E-state index contributed by atoms with van der Waals surface area (Å²) in [4.78, 5) is 10.5. The molecule has 0 amide bonds. The van der Waals surface area contributed by atoms with E-state index in [1.807, 2.05) is 6.92 Å². The van der Waals surface area contributed by atoms with Gasteiger partial charge in [0.1, 0.15) is 6.23 Å². The molecule has 0 saturated heterocycles. The molecule has 0 saturated carbocycles. The van der Waals surface area contributed by atoms with Crippen molar-refractivity contribution in [2.75, 3.05) is 6.54 Å². The van der Waals surface area contributed by atoms with Gasteiger partial charge in [-0.3, -0.25) is 5.32 Å². The van der Waals surface area contributed by atoms with E-state index in [2.05, 4.69) is 5.32 Å². The molecule has 1 aliphatic heterocycles. The minimum absolute atomic E-state index is 0.0619. The molecule has 0 spiro atoms. The van der Waals surface area contributed by atoms with Crippen molar-refractivity contribution in [3.63, 3.8) is 0 Å². The molecule has 0 aliphatic carbocycles. The van der Waals surface area contributed by atoms with Gasteiger partial charge in [0, 0.05) is 6.54 Å². The Hall–Kier alpha value is -1.03. The number of carboxylic acid groups (broad SMARTS) is 1. The standard InChI is InChI=1S/C8H13NO3/c1-2-7-9-5-3-4-6(12-7)8(10)11/h4,7,9H,2-3,5H2,1H3,(H,10,11). The van der Waals surface area contributed by atoms with Crippen molar-refractivity contribution in [3.8, 4) is 0 Å². The predicted octanol–water partition coefficient (Wildman–Crippen LogP) is 0.701. The predicted molar refractivity (Wildman–Crippen MR) is 43.5 cm³/mol. The number of nitrogens with one attached hydrogen (secondary N) is 1. The Morgan fingerprint density at radius 1 is 1.92 bits per heavy atom. The molecule has 12 heavy (non-hydrogen) atoms. The Morgan fingerprint density at radius 2 is 2.67 bits per heavy atom. The summed E-state index contributed by atoms with van der Waals surface area (Å²) in [6.45, 7) is 2.72. The van der Waals surface area contributed by atoms with Crippen molar-refractivity contribution in [3.05, 3.63) is 11.8 Å². The third-order valence-corrected chi connectivity index (χ3v) is 1.70. The van der Waals surface area contributed by atoms with Gasteiger partial charge in [-0.05, 0) is 18.9 Å². The quantitative estimate of drug-likeness (QED) is 0.642. The number of hydrogen-bond acceptors (Lipinski definition) is 3. The maximum atomic E-state index is 10.5. The lowest BCUT2D eigenvalue weighted by Gasteiger charge is -2.15. The van der Waals surface area contributed by atoms with Gasteiger partial charge in [0.05, 0.1) is 0 Å². The van der Waals surface area contributed by atoms with Crippen LogP contribution in [0.5, 0.6) is 0 Å². The Morgan fingerprint density at radius 3 is 3.25 bits per heavy atom. The zero-order valence-corrected chi connectivity index (χ0v) is 7.04. The van der Waals surface area contributed by atoms with E-state index < -0.39 is 5.97 Å². The summed E-state index contributed by atoms with van der Waals surface area (Å²) in [6.07, 6.45) is 2.92. The molecular weight excluding hydrogens is 158 g/mol. The summed E-state index contributed by atoms with van der Waals surface area (Å²) in [5.74, 6) is -0.927. The molecule has 1 heterocycles. The first-order chi connectivity index (χ1) is 5.74. The summed E-state index contributed by atoms with van der Waals surface area (Å²) in [5.41, 5.74) is 0. The minimum Gasteiger partial charge on any atom is -0.475 e. The van der Waals surface area contributed by atoms with Gasteiger partial charge in [-0.15, -0.1) is 0 Å². The van der Waals surface area contributed by atoms with E-state index in [-0.39, 0.29) is 12.0 Å². The third kappa shape index (κ3) is 2.23. The van der Waals surface area contributed by atoms with Crippen molar-refractivity contribution in [1.29, 1.82) is 0 Å². The number of carbonyl (C=O) groups is 1. The highest BCUT2D eigenvalue weighted by atomic mass is 16.5. The van der Waals surface area contributed by atoms with Crippen LogP contribution in [0.15, 0.2) is 11.8 Å². The smallest absolute Gasteiger partial charge is 0.370 e. The van der Waals surface area contributed by atoms with Crippen LogP contribution in [0.2, 0.25) is 0 Å². The van der Waals surface area contributed by atoms with Gasteiger partial charge in [0.2, 0.25) is 5.76 Å².